The minimum Gasteiger partial charge on any atom is -0.490 e. The highest BCUT2D eigenvalue weighted by Crippen LogP contribution is 2.36. The first-order chi connectivity index (χ1) is 14.0. The van der Waals surface area contributed by atoms with E-state index in [1.165, 1.54) is 12.4 Å². The summed E-state index contributed by atoms with van der Waals surface area (Å²) in [6, 6.07) is 6.52. The van der Waals surface area contributed by atoms with E-state index >= 15 is 0 Å². The predicted molar refractivity (Wildman–Crippen MR) is 112 cm³/mol. The van der Waals surface area contributed by atoms with Gasteiger partial charge >= 0.3 is 5.97 Å². The average Bonchev–Trinajstić information content (AvgIpc) is 2.68. The molecule has 0 radical (unpaired) electrons. The van der Waals surface area contributed by atoms with Crippen molar-refractivity contribution in [2.75, 3.05) is 19.8 Å². The first-order valence-electron chi connectivity index (χ1n) is 8.64. The Bertz CT molecular complexity index is 907. The van der Waals surface area contributed by atoms with Crippen LogP contribution in [-0.4, -0.2) is 42.9 Å². The fourth-order valence-electron chi connectivity index (χ4n) is 2.18. The highest BCUT2D eigenvalue weighted by molar-refractivity contribution is 9.10. The molecule has 0 aliphatic carbocycles. The molecule has 1 heterocycles. The Morgan fingerprint density at radius 2 is 2.07 bits per heavy atom. The van der Waals surface area contributed by atoms with Crippen LogP contribution < -0.4 is 14.9 Å². The minimum absolute atomic E-state index is 0.0877. The second kappa shape index (κ2) is 11.4. The van der Waals surface area contributed by atoms with Crippen molar-refractivity contribution in [3.63, 3.8) is 0 Å². The van der Waals surface area contributed by atoms with Crippen molar-refractivity contribution in [1.82, 2.24) is 10.4 Å². The fourth-order valence-corrected chi connectivity index (χ4v) is 2.96. The third kappa shape index (κ3) is 6.72. The number of esters is 1. The van der Waals surface area contributed by atoms with E-state index in [2.05, 4.69) is 31.4 Å². The van der Waals surface area contributed by atoms with Crippen molar-refractivity contribution >= 4 is 45.6 Å². The lowest BCUT2D eigenvalue weighted by Crippen LogP contribution is -2.18. The SMILES string of the molecule is CCOC(=O)COc1c(Br)cc(C=NNC(=O)c2cccnc2Cl)cc1OCC. The van der Waals surface area contributed by atoms with Crippen molar-refractivity contribution in [1.29, 1.82) is 0 Å². The maximum absolute atomic E-state index is 12.1. The molecule has 10 heteroatoms. The Balaban J connectivity index is 2.12. The van der Waals surface area contributed by atoms with E-state index in [4.69, 9.17) is 25.8 Å². The van der Waals surface area contributed by atoms with Crippen molar-refractivity contribution < 1.29 is 23.8 Å². The highest BCUT2D eigenvalue weighted by atomic mass is 79.9. The van der Waals surface area contributed by atoms with Gasteiger partial charge in [-0.05, 0) is 59.6 Å². The summed E-state index contributed by atoms with van der Waals surface area (Å²) in [5, 5.41) is 4.01. The number of ether oxygens (including phenoxy) is 3. The van der Waals surface area contributed by atoms with E-state index < -0.39 is 11.9 Å². The summed E-state index contributed by atoms with van der Waals surface area (Å²) in [6.45, 7) is 3.95. The number of hydrazone groups is 1. The second-order valence-electron chi connectivity index (χ2n) is 5.40. The highest BCUT2D eigenvalue weighted by Gasteiger charge is 2.14. The van der Waals surface area contributed by atoms with Crippen molar-refractivity contribution in [3.8, 4) is 11.5 Å². The van der Waals surface area contributed by atoms with Crippen LogP contribution in [-0.2, 0) is 9.53 Å². The summed E-state index contributed by atoms with van der Waals surface area (Å²) in [6.07, 6.45) is 2.92. The Labute approximate surface area is 181 Å². The monoisotopic (exact) mass is 483 g/mol. The molecule has 0 bridgehead atoms. The molecule has 8 nitrogen and oxygen atoms in total. The molecule has 0 saturated heterocycles. The Morgan fingerprint density at radius 3 is 2.76 bits per heavy atom. The molecule has 0 spiro atoms. The fraction of sp³-hybridized carbons (Fsp3) is 0.263. The zero-order valence-electron chi connectivity index (χ0n) is 15.8. The lowest BCUT2D eigenvalue weighted by Gasteiger charge is -2.14. The maximum Gasteiger partial charge on any atom is 0.344 e. The molecule has 1 amide bonds. The Kier molecular flexibility index (Phi) is 8.88. The number of nitrogens with zero attached hydrogens (tertiary/aromatic N) is 2. The van der Waals surface area contributed by atoms with Crippen LogP contribution in [0.5, 0.6) is 11.5 Å². The molecule has 2 aromatic rings. The van der Waals surface area contributed by atoms with Crippen LogP contribution in [0.25, 0.3) is 0 Å². The van der Waals surface area contributed by atoms with Crippen LogP contribution in [0.2, 0.25) is 5.15 Å². The predicted octanol–water partition coefficient (Wildman–Crippen LogP) is 3.60. The Morgan fingerprint density at radius 1 is 1.28 bits per heavy atom. The summed E-state index contributed by atoms with van der Waals surface area (Å²) >= 11 is 9.28. The van der Waals surface area contributed by atoms with Gasteiger partial charge in [0.05, 0.1) is 29.5 Å². The van der Waals surface area contributed by atoms with E-state index in [0.717, 1.165) is 0 Å². The van der Waals surface area contributed by atoms with Crippen molar-refractivity contribution in [2.24, 2.45) is 5.10 Å². The van der Waals surface area contributed by atoms with Gasteiger partial charge in [-0.15, -0.1) is 0 Å². The first-order valence-corrected chi connectivity index (χ1v) is 9.82. The number of pyridine rings is 1. The largest absolute Gasteiger partial charge is 0.490 e. The van der Waals surface area contributed by atoms with E-state index in [9.17, 15) is 9.59 Å². The Hall–Kier alpha value is -2.65. The van der Waals surface area contributed by atoms with Gasteiger partial charge < -0.3 is 14.2 Å². The van der Waals surface area contributed by atoms with Crippen LogP contribution in [0.15, 0.2) is 40.0 Å². The molecule has 2 rings (SSSR count). The molecule has 0 saturated carbocycles. The molecule has 154 valence electrons. The van der Waals surface area contributed by atoms with Crippen LogP contribution in [0.1, 0.15) is 29.8 Å². The molecule has 0 fully saturated rings. The standard InChI is InChI=1S/C19H19BrClN3O5/c1-3-27-15-9-12(8-14(20)17(15)29-11-16(25)28-4-2)10-23-24-19(26)13-6-5-7-22-18(13)21/h5-10H,3-4,11H2,1-2H3,(H,24,26). The molecule has 1 aromatic heterocycles. The number of hydrogen-bond acceptors (Lipinski definition) is 7. The number of halogens is 2. The van der Waals surface area contributed by atoms with Gasteiger partial charge in [0.15, 0.2) is 18.1 Å². The number of hydrogen-bond donors (Lipinski definition) is 1. The molecule has 29 heavy (non-hydrogen) atoms. The van der Waals surface area contributed by atoms with E-state index in [0.29, 0.717) is 28.1 Å². The number of carbonyl (C=O) groups excluding carboxylic acids is 2. The molecule has 0 unspecified atom stereocenters. The molecule has 0 aliphatic rings. The quantitative estimate of drug-likeness (QED) is 0.253. The van der Waals surface area contributed by atoms with Gasteiger partial charge in [0.25, 0.3) is 5.91 Å². The van der Waals surface area contributed by atoms with E-state index in [1.54, 1.807) is 31.2 Å². The number of aromatic nitrogens is 1. The maximum atomic E-state index is 12.1. The average molecular weight is 485 g/mol. The number of amides is 1. The summed E-state index contributed by atoms with van der Waals surface area (Å²) in [5.74, 6) is -0.195. The van der Waals surface area contributed by atoms with Gasteiger partial charge in [-0.25, -0.2) is 15.2 Å². The molecular weight excluding hydrogens is 466 g/mol. The zero-order valence-corrected chi connectivity index (χ0v) is 18.1. The summed E-state index contributed by atoms with van der Waals surface area (Å²) in [5.41, 5.74) is 3.22. The molecule has 1 aromatic carbocycles. The number of benzene rings is 1. The summed E-state index contributed by atoms with van der Waals surface area (Å²) < 4.78 is 16.5. The van der Waals surface area contributed by atoms with Crippen molar-refractivity contribution in [3.05, 3.63) is 51.2 Å². The molecule has 0 atom stereocenters. The lowest BCUT2D eigenvalue weighted by atomic mass is 10.2. The minimum atomic E-state index is -0.488. The smallest absolute Gasteiger partial charge is 0.344 e. The first kappa shape index (κ1) is 22.6. The number of rotatable bonds is 9. The van der Waals surface area contributed by atoms with Gasteiger partial charge in [0.1, 0.15) is 5.15 Å². The van der Waals surface area contributed by atoms with E-state index in [1.807, 2.05) is 6.92 Å². The van der Waals surface area contributed by atoms with Gasteiger partial charge in [-0.1, -0.05) is 11.6 Å². The third-order valence-corrected chi connectivity index (χ3v) is 4.25. The van der Waals surface area contributed by atoms with Gasteiger partial charge in [0, 0.05) is 6.20 Å². The molecule has 1 N–H and O–H groups in total. The van der Waals surface area contributed by atoms with Crippen LogP contribution in [0.3, 0.4) is 0 Å². The summed E-state index contributed by atoms with van der Waals surface area (Å²) in [7, 11) is 0. The molecular formula is C19H19BrClN3O5. The lowest BCUT2D eigenvalue weighted by molar-refractivity contribution is -0.145. The normalized spacial score (nSPS) is 10.6. The van der Waals surface area contributed by atoms with Gasteiger partial charge in [-0.3, -0.25) is 4.79 Å². The number of carbonyl (C=O) groups is 2. The summed E-state index contributed by atoms with van der Waals surface area (Å²) in [4.78, 5) is 27.5. The van der Waals surface area contributed by atoms with Crippen LogP contribution in [0.4, 0.5) is 0 Å². The second-order valence-corrected chi connectivity index (χ2v) is 6.61. The topological polar surface area (TPSA) is 99.1 Å². The molecule has 0 aliphatic heterocycles. The third-order valence-electron chi connectivity index (χ3n) is 3.35. The van der Waals surface area contributed by atoms with Crippen molar-refractivity contribution in [2.45, 2.75) is 13.8 Å². The van der Waals surface area contributed by atoms with Gasteiger partial charge in [0.2, 0.25) is 0 Å². The zero-order chi connectivity index (χ0) is 21.2. The number of nitrogens with one attached hydrogen (secondary N) is 1. The van der Waals surface area contributed by atoms with Crippen LogP contribution in [0, 0.1) is 0 Å². The van der Waals surface area contributed by atoms with Crippen LogP contribution >= 0.6 is 27.5 Å². The van der Waals surface area contributed by atoms with Gasteiger partial charge in [-0.2, -0.15) is 5.10 Å². The van der Waals surface area contributed by atoms with E-state index in [-0.39, 0.29) is 23.9 Å².